The number of nitrogens with zero attached hydrogens (tertiary/aromatic N) is 3. The van der Waals surface area contributed by atoms with Crippen LogP contribution < -0.4 is 4.74 Å². The first-order valence-corrected chi connectivity index (χ1v) is 10.5. The van der Waals surface area contributed by atoms with E-state index in [1.54, 1.807) is 11.8 Å². The molecule has 0 saturated heterocycles. The Labute approximate surface area is 168 Å². The third kappa shape index (κ3) is 4.07. The van der Waals surface area contributed by atoms with Gasteiger partial charge in [-0.15, -0.1) is 0 Å². The molecule has 0 unspecified atom stereocenters. The number of benzene rings is 2. The molecule has 28 heavy (non-hydrogen) atoms. The highest BCUT2D eigenvalue weighted by Gasteiger charge is 2.11. The molecule has 0 saturated carbocycles. The normalized spacial score (nSPS) is 11.3. The molecule has 2 aromatic heterocycles. The predicted octanol–water partition coefficient (Wildman–Crippen LogP) is 5.74. The fourth-order valence-electron chi connectivity index (χ4n) is 3.18. The summed E-state index contributed by atoms with van der Waals surface area (Å²) in [7, 11) is 0. The van der Waals surface area contributed by atoms with Gasteiger partial charge in [0.1, 0.15) is 0 Å². The summed E-state index contributed by atoms with van der Waals surface area (Å²) in [6.07, 6.45) is 3.24. The third-order valence-corrected chi connectivity index (χ3v) is 5.50. The molecule has 0 bridgehead atoms. The van der Waals surface area contributed by atoms with Crippen LogP contribution in [0.25, 0.3) is 27.8 Å². The van der Waals surface area contributed by atoms with Crippen molar-refractivity contribution in [3.05, 3.63) is 55.1 Å². The van der Waals surface area contributed by atoms with Crippen LogP contribution in [0.1, 0.15) is 26.2 Å². The second-order valence-corrected chi connectivity index (χ2v) is 7.85. The topological polar surface area (TPSA) is 55.7 Å². The van der Waals surface area contributed by atoms with Crippen LogP contribution in [0.3, 0.4) is 0 Å². The number of hydrogen-bond acceptors (Lipinski definition) is 4. The number of aromatic nitrogens is 4. The van der Waals surface area contributed by atoms with Gasteiger partial charge in [-0.3, -0.25) is 4.57 Å². The molecule has 0 aliphatic heterocycles. The summed E-state index contributed by atoms with van der Waals surface area (Å²) in [6.45, 7) is 6.68. The molecule has 1 N–H and O–H groups in total. The summed E-state index contributed by atoms with van der Waals surface area (Å²) in [4.78, 5) is 12.5. The first kappa shape index (κ1) is 18.6. The van der Waals surface area contributed by atoms with E-state index in [2.05, 4.69) is 27.6 Å². The fraction of sp³-hybridized carbons (Fsp3) is 0.273. The van der Waals surface area contributed by atoms with E-state index in [0.29, 0.717) is 12.6 Å². The van der Waals surface area contributed by atoms with Crippen LogP contribution in [0.2, 0.25) is 0 Å². The van der Waals surface area contributed by atoms with Crippen LogP contribution in [0, 0.1) is 0 Å². The molecule has 2 heterocycles. The Bertz CT molecular complexity index is 1070. The van der Waals surface area contributed by atoms with Crippen LogP contribution in [0.5, 0.6) is 6.01 Å². The minimum absolute atomic E-state index is 0.630. The second kappa shape index (κ2) is 8.52. The Balaban J connectivity index is 1.22. The van der Waals surface area contributed by atoms with Gasteiger partial charge in [0, 0.05) is 11.4 Å². The van der Waals surface area contributed by atoms with E-state index in [1.165, 1.54) is 0 Å². The van der Waals surface area contributed by atoms with Crippen molar-refractivity contribution in [2.45, 2.75) is 31.3 Å². The Morgan fingerprint density at radius 2 is 1.82 bits per heavy atom. The summed E-state index contributed by atoms with van der Waals surface area (Å²) < 4.78 is 7.93. The molecule has 0 atom stereocenters. The van der Waals surface area contributed by atoms with Gasteiger partial charge in [0.2, 0.25) is 0 Å². The van der Waals surface area contributed by atoms with Crippen molar-refractivity contribution in [1.82, 2.24) is 19.5 Å². The smallest absolute Gasteiger partial charge is 0.301 e. The van der Waals surface area contributed by atoms with E-state index >= 15 is 0 Å². The van der Waals surface area contributed by atoms with E-state index in [0.717, 1.165) is 57.9 Å². The highest BCUT2D eigenvalue weighted by atomic mass is 32.2. The summed E-state index contributed by atoms with van der Waals surface area (Å²) >= 11 is 1.77. The van der Waals surface area contributed by atoms with Gasteiger partial charge < -0.3 is 9.72 Å². The molecule has 0 amide bonds. The maximum absolute atomic E-state index is 5.95. The van der Waals surface area contributed by atoms with E-state index in [4.69, 9.17) is 4.74 Å². The molecule has 4 rings (SSSR count). The number of para-hydroxylation sites is 4. The number of fused-ring (bicyclic) bond motifs is 2. The molecule has 2 aromatic carbocycles. The van der Waals surface area contributed by atoms with Crippen molar-refractivity contribution >= 4 is 39.5 Å². The van der Waals surface area contributed by atoms with Gasteiger partial charge in [-0.2, -0.15) is 4.98 Å². The van der Waals surface area contributed by atoms with Crippen molar-refractivity contribution in [2.24, 2.45) is 0 Å². The van der Waals surface area contributed by atoms with Crippen LogP contribution in [-0.2, 0) is 0 Å². The Morgan fingerprint density at radius 1 is 1.04 bits per heavy atom. The van der Waals surface area contributed by atoms with Crippen LogP contribution >= 0.6 is 11.8 Å². The van der Waals surface area contributed by atoms with E-state index in [-0.39, 0.29) is 0 Å². The van der Waals surface area contributed by atoms with E-state index < -0.39 is 0 Å². The number of thioether (sulfide) groups is 1. The first-order valence-electron chi connectivity index (χ1n) is 9.56. The zero-order valence-electron chi connectivity index (χ0n) is 16.0. The average molecular weight is 393 g/mol. The lowest BCUT2D eigenvalue weighted by atomic mass is 10.3. The number of hydrogen-bond donors (Lipinski definition) is 1. The quantitative estimate of drug-likeness (QED) is 0.291. The lowest BCUT2D eigenvalue weighted by Crippen LogP contribution is -2.04. The maximum atomic E-state index is 5.95. The molecule has 0 aliphatic carbocycles. The molecular formula is C22H24N4OS. The highest BCUT2D eigenvalue weighted by molar-refractivity contribution is 7.99. The third-order valence-electron chi connectivity index (χ3n) is 4.54. The van der Waals surface area contributed by atoms with Crippen molar-refractivity contribution in [2.75, 3.05) is 12.4 Å². The van der Waals surface area contributed by atoms with Gasteiger partial charge >= 0.3 is 6.01 Å². The standard InChI is InChI=1S/C22H24N4OS/c1-16(2)26-20-13-7-6-12-19(20)25-22(26)27-14-8-3-9-15-28-21-23-17-10-4-5-11-18(17)24-21/h4-7,10-13H,1,3,8-9,14-15H2,2H3,(H,23,24). The van der Waals surface area contributed by atoms with E-state index in [1.807, 2.05) is 54.0 Å². The van der Waals surface area contributed by atoms with Gasteiger partial charge in [0.05, 0.1) is 28.7 Å². The Kier molecular flexibility index (Phi) is 5.67. The summed E-state index contributed by atoms with van der Waals surface area (Å²) in [5, 5.41) is 0.993. The van der Waals surface area contributed by atoms with Gasteiger partial charge in [0.15, 0.2) is 5.16 Å². The van der Waals surface area contributed by atoms with Crippen molar-refractivity contribution < 1.29 is 4.74 Å². The van der Waals surface area contributed by atoms with Crippen molar-refractivity contribution in [3.8, 4) is 6.01 Å². The largest absolute Gasteiger partial charge is 0.464 e. The minimum atomic E-state index is 0.630. The van der Waals surface area contributed by atoms with Crippen molar-refractivity contribution in [3.63, 3.8) is 0 Å². The van der Waals surface area contributed by atoms with Gasteiger partial charge in [-0.1, -0.05) is 42.6 Å². The van der Waals surface area contributed by atoms with Crippen LogP contribution in [0.15, 0.2) is 60.3 Å². The number of unbranched alkanes of at least 4 members (excludes halogenated alkanes) is 2. The molecule has 5 nitrogen and oxygen atoms in total. The molecule has 0 aliphatic rings. The van der Waals surface area contributed by atoms with Gasteiger partial charge in [-0.05, 0) is 50.5 Å². The number of H-pyrrole nitrogens is 1. The number of imidazole rings is 2. The lowest BCUT2D eigenvalue weighted by Gasteiger charge is -2.09. The van der Waals surface area contributed by atoms with Gasteiger partial charge in [-0.25, -0.2) is 4.98 Å². The monoisotopic (exact) mass is 392 g/mol. The van der Waals surface area contributed by atoms with Gasteiger partial charge in [0.25, 0.3) is 0 Å². The zero-order valence-corrected chi connectivity index (χ0v) is 16.8. The molecule has 0 fully saturated rings. The fourth-order valence-corrected chi connectivity index (χ4v) is 4.07. The molecule has 0 spiro atoms. The number of ether oxygens (including phenoxy) is 1. The van der Waals surface area contributed by atoms with E-state index in [9.17, 15) is 0 Å². The summed E-state index contributed by atoms with van der Waals surface area (Å²) in [5.41, 5.74) is 5.00. The number of allylic oxidation sites excluding steroid dienone is 1. The zero-order chi connectivity index (χ0) is 19.3. The maximum Gasteiger partial charge on any atom is 0.301 e. The molecule has 6 heteroatoms. The van der Waals surface area contributed by atoms with Crippen LogP contribution in [0.4, 0.5) is 0 Å². The number of rotatable bonds is 9. The number of aromatic amines is 1. The molecule has 144 valence electrons. The first-order chi connectivity index (χ1) is 13.7. The second-order valence-electron chi connectivity index (χ2n) is 6.77. The Morgan fingerprint density at radius 3 is 2.64 bits per heavy atom. The number of nitrogens with one attached hydrogen (secondary N) is 1. The molecular weight excluding hydrogens is 368 g/mol. The average Bonchev–Trinajstić information content (AvgIpc) is 3.27. The SMILES string of the molecule is C=C(C)n1c(OCCCCCSc2nc3ccccc3[nH]2)nc2ccccc21. The molecule has 0 radical (unpaired) electrons. The Hall–Kier alpha value is -2.73. The summed E-state index contributed by atoms with van der Waals surface area (Å²) in [6, 6.07) is 16.8. The highest BCUT2D eigenvalue weighted by Crippen LogP contribution is 2.25. The molecule has 4 aromatic rings. The lowest BCUT2D eigenvalue weighted by molar-refractivity contribution is 0.281. The van der Waals surface area contributed by atoms with Crippen LogP contribution in [-0.4, -0.2) is 31.9 Å². The summed E-state index contributed by atoms with van der Waals surface area (Å²) in [5.74, 6) is 1.05. The minimum Gasteiger partial charge on any atom is -0.464 e. The van der Waals surface area contributed by atoms with Crippen molar-refractivity contribution in [1.29, 1.82) is 0 Å². The predicted molar refractivity (Wildman–Crippen MR) is 117 cm³/mol.